The number of piperazine rings is 1. The van der Waals surface area contributed by atoms with Gasteiger partial charge in [0.15, 0.2) is 0 Å². The molecule has 0 radical (unpaired) electrons. The number of ether oxygens (including phenoxy) is 1. The van der Waals surface area contributed by atoms with Crippen LogP contribution in [-0.2, 0) is 16.1 Å². The second kappa shape index (κ2) is 8.20. The van der Waals surface area contributed by atoms with E-state index >= 15 is 0 Å². The van der Waals surface area contributed by atoms with Crippen LogP contribution in [0, 0.1) is 13.8 Å². The molecular weight excluding hydrogens is 354 g/mol. The van der Waals surface area contributed by atoms with Gasteiger partial charge in [-0.25, -0.2) is 9.78 Å². The fraction of sp³-hybridized carbons (Fsp3) is 0.474. The van der Waals surface area contributed by atoms with Gasteiger partial charge in [0.2, 0.25) is 5.89 Å². The maximum Gasteiger partial charge on any atom is 0.327 e. The minimum absolute atomic E-state index is 0.287. The standard InChI is InChI=1S/C19H24ClN3O3/c1-13-14(2)26-17(21-13)12-22-8-10-23(11-9-22)18(19(24)25-3)15-6-4-5-7-16(15)20/h4-7,18H,8-12H2,1-3H3. The molecule has 1 aromatic carbocycles. The largest absolute Gasteiger partial charge is 0.468 e. The Kier molecular flexibility index (Phi) is 5.96. The maximum atomic E-state index is 12.4. The average molecular weight is 378 g/mol. The fourth-order valence-electron chi connectivity index (χ4n) is 3.26. The first-order chi connectivity index (χ1) is 12.5. The number of carbonyl (C=O) groups excluding carboxylic acids is 1. The van der Waals surface area contributed by atoms with Gasteiger partial charge in [-0.2, -0.15) is 0 Å². The summed E-state index contributed by atoms with van der Waals surface area (Å²) in [5.41, 5.74) is 1.72. The highest BCUT2D eigenvalue weighted by molar-refractivity contribution is 6.31. The zero-order valence-electron chi connectivity index (χ0n) is 15.4. The van der Waals surface area contributed by atoms with Crippen LogP contribution in [0.3, 0.4) is 0 Å². The van der Waals surface area contributed by atoms with Gasteiger partial charge in [0, 0.05) is 31.2 Å². The number of carbonyl (C=O) groups is 1. The Morgan fingerprint density at radius 3 is 2.54 bits per heavy atom. The van der Waals surface area contributed by atoms with Crippen LogP contribution in [0.15, 0.2) is 28.7 Å². The summed E-state index contributed by atoms with van der Waals surface area (Å²) in [5.74, 6) is 1.32. The van der Waals surface area contributed by atoms with Crippen LogP contribution in [0.5, 0.6) is 0 Å². The third kappa shape index (κ3) is 4.09. The lowest BCUT2D eigenvalue weighted by Crippen LogP contribution is -2.49. The molecule has 0 amide bonds. The van der Waals surface area contributed by atoms with Crippen molar-refractivity contribution in [3.63, 3.8) is 0 Å². The van der Waals surface area contributed by atoms with Crippen molar-refractivity contribution < 1.29 is 13.9 Å². The zero-order chi connectivity index (χ0) is 18.7. The molecule has 7 heteroatoms. The van der Waals surface area contributed by atoms with Crippen molar-refractivity contribution in [1.82, 2.24) is 14.8 Å². The summed E-state index contributed by atoms with van der Waals surface area (Å²) in [6.07, 6.45) is 0. The third-order valence-corrected chi connectivity index (χ3v) is 5.17. The predicted octanol–water partition coefficient (Wildman–Crippen LogP) is 2.98. The molecule has 0 bridgehead atoms. The van der Waals surface area contributed by atoms with Gasteiger partial charge >= 0.3 is 5.97 Å². The zero-order valence-corrected chi connectivity index (χ0v) is 16.1. The van der Waals surface area contributed by atoms with E-state index in [1.54, 1.807) is 6.07 Å². The van der Waals surface area contributed by atoms with Gasteiger partial charge in [0.25, 0.3) is 0 Å². The van der Waals surface area contributed by atoms with E-state index < -0.39 is 6.04 Å². The Balaban J connectivity index is 1.68. The minimum atomic E-state index is -0.484. The summed E-state index contributed by atoms with van der Waals surface area (Å²) in [6.45, 7) is 7.67. The Morgan fingerprint density at radius 2 is 1.96 bits per heavy atom. The number of nitrogens with zero attached hydrogens (tertiary/aromatic N) is 3. The normalized spacial score (nSPS) is 17.2. The van der Waals surface area contributed by atoms with E-state index in [0.717, 1.165) is 49.1 Å². The molecule has 2 aromatic rings. The lowest BCUT2D eigenvalue weighted by atomic mass is 10.0. The van der Waals surface area contributed by atoms with E-state index in [2.05, 4.69) is 14.8 Å². The molecule has 6 nitrogen and oxygen atoms in total. The molecule has 1 aliphatic rings. The minimum Gasteiger partial charge on any atom is -0.468 e. The van der Waals surface area contributed by atoms with Crippen LogP contribution in [-0.4, -0.2) is 54.0 Å². The Morgan fingerprint density at radius 1 is 1.27 bits per heavy atom. The molecule has 1 atom stereocenters. The van der Waals surface area contributed by atoms with Crippen molar-refractivity contribution in [3.05, 3.63) is 52.2 Å². The molecule has 1 fully saturated rings. The van der Waals surface area contributed by atoms with Crippen molar-refractivity contribution in [2.45, 2.75) is 26.4 Å². The van der Waals surface area contributed by atoms with Gasteiger partial charge in [-0.05, 0) is 25.5 Å². The van der Waals surface area contributed by atoms with Gasteiger partial charge in [0.05, 0.1) is 19.3 Å². The topological polar surface area (TPSA) is 58.8 Å². The first kappa shape index (κ1) is 18.9. The molecule has 26 heavy (non-hydrogen) atoms. The number of aromatic nitrogens is 1. The second-order valence-corrected chi connectivity index (χ2v) is 6.92. The monoisotopic (exact) mass is 377 g/mol. The second-order valence-electron chi connectivity index (χ2n) is 6.51. The SMILES string of the molecule is COC(=O)C(c1ccccc1Cl)N1CCN(Cc2nc(C)c(C)o2)CC1. The molecule has 3 rings (SSSR count). The number of rotatable bonds is 5. The maximum absolute atomic E-state index is 12.4. The third-order valence-electron chi connectivity index (χ3n) is 4.83. The van der Waals surface area contributed by atoms with Crippen LogP contribution in [0.4, 0.5) is 0 Å². The quantitative estimate of drug-likeness (QED) is 0.746. The molecule has 0 spiro atoms. The van der Waals surface area contributed by atoms with Crippen molar-refractivity contribution in [2.24, 2.45) is 0 Å². The first-order valence-electron chi connectivity index (χ1n) is 8.71. The molecule has 1 aliphatic heterocycles. The van der Waals surface area contributed by atoms with Gasteiger partial charge in [0.1, 0.15) is 11.8 Å². The van der Waals surface area contributed by atoms with Crippen LogP contribution in [0.2, 0.25) is 5.02 Å². The molecule has 1 unspecified atom stereocenters. The van der Waals surface area contributed by atoms with Crippen LogP contribution in [0.25, 0.3) is 0 Å². The van der Waals surface area contributed by atoms with E-state index in [-0.39, 0.29) is 5.97 Å². The van der Waals surface area contributed by atoms with Crippen molar-refractivity contribution in [2.75, 3.05) is 33.3 Å². The van der Waals surface area contributed by atoms with Gasteiger partial charge < -0.3 is 9.15 Å². The number of esters is 1. The lowest BCUT2D eigenvalue weighted by molar-refractivity contribution is -0.148. The van der Waals surface area contributed by atoms with Gasteiger partial charge in [-0.3, -0.25) is 9.80 Å². The molecule has 140 valence electrons. The number of hydrogen-bond donors (Lipinski definition) is 0. The number of benzene rings is 1. The number of methoxy groups -OCH3 is 1. The van der Waals surface area contributed by atoms with Crippen LogP contribution < -0.4 is 0 Å². The Bertz CT molecular complexity index is 750. The summed E-state index contributed by atoms with van der Waals surface area (Å²) in [4.78, 5) is 21.3. The lowest BCUT2D eigenvalue weighted by Gasteiger charge is -2.38. The highest BCUT2D eigenvalue weighted by atomic mass is 35.5. The molecule has 2 heterocycles. The van der Waals surface area contributed by atoms with Crippen LogP contribution in [0.1, 0.15) is 29.0 Å². The number of oxazole rings is 1. The van der Waals surface area contributed by atoms with Crippen molar-refractivity contribution in [1.29, 1.82) is 0 Å². The number of halogens is 1. The predicted molar refractivity (Wildman–Crippen MR) is 99.0 cm³/mol. The molecule has 0 saturated carbocycles. The highest BCUT2D eigenvalue weighted by Gasteiger charge is 2.32. The smallest absolute Gasteiger partial charge is 0.327 e. The Labute approximate surface area is 158 Å². The average Bonchev–Trinajstić information content (AvgIpc) is 2.95. The number of aryl methyl sites for hydroxylation is 2. The van der Waals surface area contributed by atoms with Gasteiger partial charge in [-0.1, -0.05) is 29.8 Å². The molecule has 1 saturated heterocycles. The highest BCUT2D eigenvalue weighted by Crippen LogP contribution is 2.29. The summed E-state index contributed by atoms with van der Waals surface area (Å²) >= 11 is 6.33. The van der Waals surface area contributed by atoms with Crippen LogP contribution >= 0.6 is 11.6 Å². The molecule has 1 aromatic heterocycles. The fourth-order valence-corrected chi connectivity index (χ4v) is 3.50. The van der Waals surface area contributed by atoms with E-state index in [1.165, 1.54) is 7.11 Å². The van der Waals surface area contributed by atoms with E-state index in [9.17, 15) is 4.79 Å². The van der Waals surface area contributed by atoms with Gasteiger partial charge in [-0.15, -0.1) is 0 Å². The van der Waals surface area contributed by atoms with Crippen molar-refractivity contribution >= 4 is 17.6 Å². The van der Waals surface area contributed by atoms with E-state index in [4.69, 9.17) is 20.8 Å². The first-order valence-corrected chi connectivity index (χ1v) is 9.09. The van der Waals surface area contributed by atoms with Crippen molar-refractivity contribution in [3.8, 4) is 0 Å². The molecule has 0 aliphatic carbocycles. The summed E-state index contributed by atoms with van der Waals surface area (Å²) in [6, 6.07) is 6.95. The van der Waals surface area contributed by atoms with E-state index in [1.807, 2.05) is 32.0 Å². The summed E-state index contributed by atoms with van der Waals surface area (Å²) < 4.78 is 10.7. The number of hydrogen-bond acceptors (Lipinski definition) is 6. The van der Waals surface area contributed by atoms with E-state index in [0.29, 0.717) is 11.6 Å². The molecular formula is C19H24ClN3O3. The molecule has 0 N–H and O–H groups in total. The summed E-state index contributed by atoms with van der Waals surface area (Å²) in [7, 11) is 1.41. The Hall–Kier alpha value is -1.89. The summed E-state index contributed by atoms with van der Waals surface area (Å²) in [5, 5.41) is 0.580.